The van der Waals surface area contributed by atoms with E-state index in [1.54, 1.807) is 0 Å². The fourth-order valence-electron chi connectivity index (χ4n) is 1.94. The van der Waals surface area contributed by atoms with Crippen LogP contribution in [0, 0.1) is 0 Å². The van der Waals surface area contributed by atoms with Crippen LogP contribution in [0.1, 0.15) is 24.3 Å². The van der Waals surface area contributed by atoms with Crippen LogP contribution in [-0.2, 0) is 9.59 Å². The Labute approximate surface area is 92.5 Å². The Hall–Kier alpha value is -2.06. The number of hydrogen-bond donors (Lipinski definition) is 0. The van der Waals surface area contributed by atoms with E-state index in [2.05, 4.69) is 4.79 Å². The number of nitrogens with zero attached hydrogens (tertiary/aromatic N) is 2. The molecule has 80 valence electrons. The van der Waals surface area contributed by atoms with Crippen molar-refractivity contribution in [1.82, 2.24) is 0 Å². The van der Waals surface area contributed by atoms with Crippen LogP contribution in [0.25, 0.3) is 5.53 Å². The van der Waals surface area contributed by atoms with E-state index in [9.17, 15) is 9.59 Å². The standard InChI is InChI=1S/C12H10N2O2/c13-14-12-10(15)6-9(7-11(12)16)8-4-2-1-3-5-8/h1-5,9H,6-7H2. The first-order valence-corrected chi connectivity index (χ1v) is 5.05. The van der Waals surface area contributed by atoms with E-state index in [4.69, 9.17) is 5.53 Å². The van der Waals surface area contributed by atoms with E-state index in [0.717, 1.165) is 5.56 Å². The van der Waals surface area contributed by atoms with Crippen LogP contribution in [-0.4, -0.2) is 22.1 Å². The van der Waals surface area contributed by atoms with Gasteiger partial charge in [0.25, 0.3) is 0 Å². The molecule has 2 rings (SSSR count). The molecule has 1 fully saturated rings. The molecule has 0 radical (unpaired) electrons. The molecule has 0 saturated heterocycles. The van der Waals surface area contributed by atoms with Crippen molar-refractivity contribution in [3.05, 3.63) is 41.4 Å². The first kappa shape index (κ1) is 10.5. The van der Waals surface area contributed by atoms with E-state index in [0.29, 0.717) is 0 Å². The average Bonchev–Trinajstić information content (AvgIpc) is 2.30. The van der Waals surface area contributed by atoms with Gasteiger partial charge in [-0.1, -0.05) is 30.3 Å². The molecule has 0 unspecified atom stereocenters. The van der Waals surface area contributed by atoms with Gasteiger partial charge in [0.15, 0.2) is 0 Å². The Morgan fingerprint density at radius 1 is 1.06 bits per heavy atom. The quantitative estimate of drug-likeness (QED) is 0.523. The van der Waals surface area contributed by atoms with Gasteiger partial charge in [0.05, 0.1) is 0 Å². The van der Waals surface area contributed by atoms with Crippen LogP contribution in [0.15, 0.2) is 30.3 Å². The highest BCUT2D eigenvalue weighted by atomic mass is 16.2. The highest BCUT2D eigenvalue weighted by Crippen LogP contribution is 2.27. The number of hydrogen-bond acceptors (Lipinski definition) is 2. The topological polar surface area (TPSA) is 70.5 Å². The van der Waals surface area contributed by atoms with Crippen molar-refractivity contribution in [2.75, 3.05) is 0 Å². The summed E-state index contributed by atoms with van der Waals surface area (Å²) >= 11 is 0. The molecular formula is C12H10N2O2. The Balaban J connectivity index is 2.27. The van der Waals surface area contributed by atoms with Gasteiger partial charge in [0, 0.05) is 12.8 Å². The summed E-state index contributed by atoms with van der Waals surface area (Å²) < 4.78 is 0. The average molecular weight is 214 g/mol. The van der Waals surface area contributed by atoms with Crippen molar-refractivity contribution in [3.8, 4) is 0 Å². The molecule has 0 N–H and O–H groups in total. The number of benzene rings is 1. The van der Waals surface area contributed by atoms with Crippen molar-refractivity contribution < 1.29 is 14.4 Å². The lowest BCUT2D eigenvalue weighted by Crippen LogP contribution is -2.33. The maximum atomic E-state index is 11.5. The molecule has 4 heteroatoms. The van der Waals surface area contributed by atoms with Gasteiger partial charge >= 0.3 is 5.71 Å². The summed E-state index contributed by atoms with van der Waals surface area (Å²) in [7, 11) is 0. The normalized spacial score (nSPS) is 20.8. The van der Waals surface area contributed by atoms with Crippen LogP contribution in [0.5, 0.6) is 0 Å². The lowest BCUT2D eigenvalue weighted by molar-refractivity contribution is -0.127. The third kappa shape index (κ3) is 1.83. The van der Waals surface area contributed by atoms with Gasteiger partial charge in [-0.3, -0.25) is 9.59 Å². The smallest absolute Gasteiger partial charge is 0.360 e. The molecule has 1 aliphatic rings. The SMILES string of the molecule is [N-]=[N+]=C1C(=O)CC(c2ccccc2)CC1=O. The minimum atomic E-state index is -0.382. The van der Waals surface area contributed by atoms with Gasteiger partial charge in [-0.15, -0.1) is 0 Å². The summed E-state index contributed by atoms with van der Waals surface area (Å²) in [5.74, 6) is -0.855. The number of Topliss-reactive ketones (excluding diaryl/α,β-unsaturated/α-hetero) is 2. The fourth-order valence-corrected chi connectivity index (χ4v) is 1.94. The number of carbonyl (C=O) groups is 2. The van der Waals surface area contributed by atoms with E-state index in [1.165, 1.54) is 0 Å². The zero-order valence-electron chi connectivity index (χ0n) is 8.59. The summed E-state index contributed by atoms with van der Waals surface area (Å²) in [4.78, 5) is 25.8. The maximum Gasteiger partial charge on any atom is 0.400 e. The molecule has 0 spiro atoms. The van der Waals surface area contributed by atoms with Crippen LogP contribution in [0.2, 0.25) is 0 Å². The highest BCUT2D eigenvalue weighted by Gasteiger charge is 2.38. The largest absolute Gasteiger partial charge is 0.400 e. The van der Waals surface area contributed by atoms with Gasteiger partial charge < -0.3 is 5.53 Å². The zero-order chi connectivity index (χ0) is 11.5. The summed E-state index contributed by atoms with van der Waals surface area (Å²) in [6.45, 7) is 0. The molecule has 0 bridgehead atoms. The van der Waals surface area contributed by atoms with Crippen molar-refractivity contribution in [1.29, 1.82) is 0 Å². The summed E-state index contributed by atoms with van der Waals surface area (Å²) in [6.07, 6.45) is 0.463. The number of rotatable bonds is 1. The molecule has 16 heavy (non-hydrogen) atoms. The van der Waals surface area contributed by atoms with Gasteiger partial charge in [-0.25, -0.2) is 0 Å². The first-order chi connectivity index (χ1) is 7.72. The third-order valence-corrected chi connectivity index (χ3v) is 2.76. The minimum Gasteiger partial charge on any atom is -0.360 e. The molecular weight excluding hydrogens is 204 g/mol. The molecule has 0 heterocycles. The Kier molecular flexibility index (Phi) is 2.75. The fraction of sp³-hybridized carbons (Fsp3) is 0.250. The van der Waals surface area contributed by atoms with Crippen LogP contribution in [0.4, 0.5) is 0 Å². The van der Waals surface area contributed by atoms with Crippen LogP contribution >= 0.6 is 0 Å². The number of ketones is 2. The molecule has 1 aliphatic carbocycles. The predicted molar refractivity (Wildman–Crippen MR) is 57.1 cm³/mol. The first-order valence-electron chi connectivity index (χ1n) is 5.05. The molecule has 0 aromatic heterocycles. The zero-order valence-corrected chi connectivity index (χ0v) is 8.59. The van der Waals surface area contributed by atoms with Gasteiger partial charge in [0.2, 0.25) is 11.6 Å². The van der Waals surface area contributed by atoms with Crippen LogP contribution in [0.3, 0.4) is 0 Å². The van der Waals surface area contributed by atoms with Gasteiger partial charge in [-0.2, -0.15) is 4.79 Å². The highest BCUT2D eigenvalue weighted by molar-refractivity contribution is 6.65. The molecule has 0 aliphatic heterocycles. The summed E-state index contributed by atoms with van der Waals surface area (Å²) in [5.41, 5.74) is 9.20. The second-order valence-corrected chi connectivity index (χ2v) is 3.81. The molecule has 0 amide bonds. The van der Waals surface area contributed by atoms with E-state index >= 15 is 0 Å². The Bertz CT molecular complexity index is 467. The summed E-state index contributed by atoms with van der Waals surface area (Å²) in [5, 5.41) is 0. The lowest BCUT2D eigenvalue weighted by Gasteiger charge is -2.17. The third-order valence-electron chi connectivity index (χ3n) is 2.76. The van der Waals surface area contributed by atoms with Gasteiger partial charge in [-0.05, 0) is 11.5 Å². The lowest BCUT2D eigenvalue weighted by atomic mass is 9.82. The minimum absolute atomic E-state index is 0.0910. The summed E-state index contributed by atoms with van der Waals surface area (Å²) in [6, 6.07) is 9.43. The Morgan fingerprint density at radius 3 is 2.12 bits per heavy atom. The predicted octanol–water partition coefficient (Wildman–Crippen LogP) is 1.37. The van der Waals surface area contributed by atoms with Crippen molar-refractivity contribution in [2.45, 2.75) is 18.8 Å². The van der Waals surface area contributed by atoms with E-state index in [1.807, 2.05) is 30.3 Å². The monoisotopic (exact) mass is 214 g/mol. The second-order valence-electron chi connectivity index (χ2n) is 3.81. The molecule has 4 nitrogen and oxygen atoms in total. The maximum absolute atomic E-state index is 11.5. The number of carbonyl (C=O) groups excluding carboxylic acids is 2. The van der Waals surface area contributed by atoms with E-state index in [-0.39, 0.29) is 36.0 Å². The second kappa shape index (κ2) is 4.21. The van der Waals surface area contributed by atoms with Crippen LogP contribution < -0.4 is 0 Å². The van der Waals surface area contributed by atoms with Crippen molar-refractivity contribution >= 4 is 17.3 Å². The molecule has 1 aromatic carbocycles. The molecule has 0 atom stereocenters. The van der Waals surface area contributed by atoms with Crippen molar-refractivity contribution in [2.24, 2.45) is 0 Å². The van der Waals surface area contributed by atoms with Gasteiger partial charge in [0.1, 0.15) is 0 Å². The van der Waals surface area contributed by atoms with E-state index < -0.39 is 0 Å². The van der Waals surface area contributed by atoms with Crippen molar-refractivity contribution in [3.63, 3.8) is 0 Å². The Morgan fingerprint density at radius 2 is 1.62 bits per heavy atom. The molecule has 1 aromatic rings. The molecule has 1 saturated carbocycles.